The second-order valence-corrected chi connectivity index (χ2v) is 5.98. The van der Waals surface area contributed by atoms with Crippen molar-refractivity contribution in [1.29, 1.82) is 0 Å². The Bertz CT molecular complexity index is 417. The zero-order valence-corrected chi connectivity index (χ0v) is 11.8. The molecule has 2 atom stereocenters. The SMILES string of the molecule is CC(C)C1CCCC(NCc2cc(F)ccc2F)C1. The van der Waals surface area contributed by atoms with E-state index in [9.17, 15) is 8.78 Å². The van der Waals surface area contributed by atoms with Gasteiger partial charge in [-0.15, -0.1) is 0 Å². The summed E-state index contributed by atoms with van der Waals surface area (Å²) in [5.74, 6) is 0.756. The number of nitrogens with one attached hydrogen (secondary N) is 1. The van der Waals surface area contributed by atoms with E-state index < -0.39 is 0 Å². The van der Waals surface area contributed by atoms with Crippen molar-refractivity contribution in [3.8, 4) is 0 Å². The Morgan fingerprint density at radius 2 is 2.05 bits per heavy atom. The molecule has 19 heavy (non-hydrogen) atoms. The summed E-state index contributed by atoms with van der Waals surface area (Å²) in [6.45, 7) is 4.94. The Morgan fingerprint density at radius 1 is 1.26 bits per heavy atom. The number of halogens is 2. The first-order valence-corrected chi connectivity index (χ1v) is 7.23. The smallest absolute Gasteiger partial charge is 0.127 e. The normalized spacial score (nSPS) is 23.8. The van der Waals surface area contributed by atoms with E-state index in [1.807, 2.05) is 0 Å². The topological polar surface area (TPSA) is 12.0 Å². The largest absolute Gasteiger partial charge is 0.310 e. The van der Waals surface area contributed by atoms with Crippen LogP contribution < -0.4 is 5.32 Å². The Balaban J connectivity index is 1.89. The number of rotatable bonds is 4. The highest BCUT2D eigenvalue weighted by molar-refractivity contribution is 5.18. The van der Waals surface area contributed by atoms with Crippen molar-refractivity contribution in [2.75, 3.05) is 0 Å². The molecule has 1 aromatic rings. The lowest BCUT2D eigenvalue weighted by Crippen LogP contribution is -2.35. The molecule has 1 aliphatic rings. The van der Waals surface area contributed by atoms with Gasteiger partial charge in [0.2, 0.25) is 0 Å². The predicted octanol–water partition coefficient (Wildman–Crippen LogP) is 4.27. The molecule has 106 valence electrons. The van der Waals surface area contributed by atoms with Gasteiger partial charge in [-0.1, -0.05) is 26.7 Å². The molecule has 1 aromatic carbocycles. The molecule has 0 amide bonds. The van der Waals surface area contributed by atoms with Crippen molar-refractivity contribution in [1.82, 2.24) is 5.32 Å². The van der Waals surface area contributed by atoms with Gasteiger partial charge in [0.1, 0.15) is 11.6 Å². The van der Waals surface area contributed by atoms with E-state index in [0.717, 1.165) is 24.8 Å². The van der Waals surface area contributed by atoms with Gasteiger partial charge >= 0.3 is 0 Å². The Labute approximate surface area is 114 Å². The summed E-state index contributed by atoms with van der Waals surface area (Å²) in [6.07, 6.45) is 4.81. The van der Waals surface area contributed by atoms with Gasteiger partial charge < -0.3 is 5.32 Å². The molecule has 0 bridgehead atoms. The minimum Gasteiger partial charge on any atom is -0.310 e. The molecule has 2 unspecified atom stereocenters. The van der Waals surface area contributed by atoms with Crippen LogP contribution in [-0.2, 0) is 6.54 Å². The maximum absolute atomic E-state index is 13.5. The highest BCUT2D eigenvalue weighted by atomic mass is 19.1. The van der Waals surface area contributed by atoms with Crippen LogP contribution in [0.15, 0.2) is 18.2 Å². The Hall–Kier alpha value is -0.960. The van der Waals surface area contributed by atoms with Crippen LogP contribution in [0.4, 0.5) is 8.78 Å². The van der Waals surface area contributed by atoms with Crippen LogP contribution in [0.25, 0.3) is 0 Å². The maximum atomic E-state index is 13.5. The predicted molar refractivity (Wildman–Crippen MR) is 73.8 cm³/mol. The number of benzene rings is 1. The lowest BCUT2D eigenvalue weighted by molar-refractivity contribution is 0.230. The Morgan fingerprint density at radius 3 is 2.79 bits per heavy atom. The zero-order valence-electron chi connectivity index (χ0n) is 11.8. The molecule has 0 radical (unpaired) electrons. The average molecular weight is 267 g/mol. The minimum absolute atomic E-state index is 0.329. The van der Waals surface area contributed by atoms with Gasteiger partial charge in [-0.25, -0.2) is 8.78 Å². The molecule has 3 heteroatoms. The molecule has 1 fully saturated rings. The van der Waals surface area contributed by atoms with E-state index in [2.05, 4.69) is 19.2 Å². The van der Waals surface area contributed by atoms with E-state index in [4.69, 9.17) is 0 Å². The minimum atomic E-state index is -0.373. The molecule has 0 heterocycles. The summed E-state index contributed by atoms with van der Waals surface area (Å²) in [4.78, 5) is 0. The molecular formula is C16H23F2N. The first-order chi connectivity index (χ1) is 9.06. The molecule has 0 saturated heterocycles. The lowest BCUT2D eigenvalue weighted by atomic mass is 9.79. The van der Waals surface area contributed by atoms with Gasteiger partial charge in [0.25, 0.3) is 0 Å². The molecule has 1 saturated carbocycles. The summed E-state index contributed by atoms with van der Waals surface area (Å²) in [5.41, 5.74) is 0.423. The highest BCUT2D eigenvalue weighted by Crippen LogP contribution is 2.30. The van der Waals surface area contributed by atoms with E-state index >= 15 is 0 Å². The zero-order chi connectivity index (χ0) is 13.8. The summed E-state index contributed by atoms with van der Waals surface area (Å²) in [6, 6.07) is 4.08. The van der Waals surface area contributed by atoms with Crippen LogP contribution in [0.2, 0.25) is 0 Å². The third kappa shape index (κ3) is 4.00. The van der Waals surface area contributed by atoms with Gasteiger partial charge in [-0.2, -0.15) is 0 Å². The summed E-state index contributed by atoms with van der Waals surface area (Å²) >= 11 is 0. The van der Waals surface area contributed by atoms with Crippen molar-refractivity contribution in [2.24, 2.45) is 11.8 Å². The molecule has 2 rings (SSSR count). The fraction of sp³-hybridized carbons (Fsp3) is 0.625. The van der Waals surface area contributed by atoms with Crippen molar-refractivity contribution < 1.29 is 8.78 Å². The average Bonchev–Trinajstić information content (AvgIpc) is 2.40. The number of hydrogen-bond donors (Lipinski definition) is 1. The molecule has 1 nitrogen and oxygen atoms in total. The summed E-state index contributed by atoms with van der Waals surface area (Å²) < 4.78 is 26.6. The lowest BCUT2D eigenvalue weighted by Gasteiger charge is -2.32. The summed E-state index contributed by atoms with van der Waals surface area (Å²) in [5, 5.41) is 3.38. The maximum Gasteiger partial charge on any atom is 0.127 e. The molecule has 0 aromatic heterocycles. The van der Waals surface area contributed by atoms with E-state index in [0.29, 0.717) is 24.1 Å². The van der Waals surface area contributed by atoms with Crippen LogP contribution in [-0.4, -0.2) is 6.04 Å². The van der Waals surface area contributed by atoms with Crippen LogP contribution in [0.1, 0.15) is 45.1 Å². The monoisotopic (exact) mass is 267 g/mol. The molecule has 1 aliphatic carbocycles. The first-order valence-electron chi connectivity index (χ1n) is 7.23. The highest BCUT2D eigenvalue weighted by Gasteiger charge is 2.23. The fourth-order valence-corrected chi connectivity index (χ4v) is 2.95. The van der Waals surface area contributed by atoms with Crippen molar-refractivity contribution >= 4 is 0 Å². The third-order valence-electron chi connectivity index (χ3n) is 4.25. The van der Waals surface area contributed by atoms with E-state index in [-0.39, 0.29) is 11.6 Å². The van der Waals surface area contributed by atoms with E-state index in [1.165, 1.54) is 25.0 Å². The van der Waals surface area contributed by atoms with Crippen LogP contribution in [0.5, 0.6) is 0 Å². The second-order valence-electron chi connectivity index (χ2n) is 5.98. The van der Waals surface area contributed by atoms with Gasteiger partial charge in [-0.05, 0) is 42.9 Å². The van der Waals surface area contributed by atoms with Crippen LogP contribution in [0.3, 0.4) is 0 Å². The Kier molecular flexibility index (Phi) is 4.92. The third-order valence-corrected chi connectivity index (χ3v) is 4.25. The molecule has 0 aliphatic heterocycles. The standard InChI is InChI=1S/C16H23F2N/c1-11(2)12-4-3-5-15(9-12)19-10-13-8-14(17)6-7-16(13)18/h6-8,11-12,15,19H,3-5,9-10H2,1-2H3. The van der Waals surface area contributed by atoms with Crippen molar-refractivity contribution in [3.63, 3.8) is 0 Å². The molecule has 1 N–H and O–H groups in total. The van der Waals surface area contributed by atoms with E-state index in [1.54, 1.807) is 0 Å². The van der Waals surface area contributed by atoms with Crippen LogP contribution in [0, 0.1) is 23.5 Å². The van der Waals surface area contributed by atoms with Crippen molar-refractivity contribution in [3.05, 3.63) is 35.4 Å². The summed E-state index contributed by atoms with van der Waals surface area (Å²) in [7, 11) is 0. The van der Waals surface area contributed by atoms with Crippen molar-refractivity contribution in [2.45, 2.75) is 52.1 Å². The molecule has 0 spiro atoms. The van der Waals surface area contributed by atoms with Crippen LogP contribution >= 0.6 is 0 Å². The van der Waals surface area contributed by atoms with Gasteiger partial charge in [0.05, 0.1) is 0 Å². The van der Waals surface area contributed by atoms with Gasteiger partial charge in [-0.3, -0.25) is 0 Å². The number of hydrogen-bond acceptors (Lipinski definition) is 1. The van der Waals surface area contributed by atoms with Gasteiger partial charge in [0.15, 0.2) is 0 Å². The second kappa shape index (κ2) is 6.47. The molecular weight excluding hydrogens is 244 g/mol. The van der Waals surface area contributed by atoms with Gasteiger partial charge in [0, 0.05) is 18.2 Å². The fourth-order valence-electron chi connectivity index (χ4n) is 2.95. The quantitative estimate of drug-likeness (QED) is 0.859. The first kappa shape index (κ1) is 14.4.